The largest absolute Gasteiger partial charge is 0.370 e. The van der Waals surface area contributed by atoms with Crippen LogP contribution in [0.5, 0.6) is 0 Å². The van der Waals surface area contributed by atoms with E-state index in [1.165, 1.54) is 6.20 Å². The van der Waals surface area contributed by atoms with Gasteiger partial charge < -0.3 is 16.0 Å². The molecule has 0 aliphatic carbocycles. The van der Waals surface area contributed by atoms with Crippen LogP contribution in [0.25, 0.3) is 0 Å². The Morgan fingerprint density at radius 2 is 2.29 bits per heavy atom. The van der Waals surface area contributed by atoms with Crippen molar-refractivity contribution in [2.24, 2.45) is 10.7 Å². The molecule has 6 nitrogen and oxygen atoms in total. The molecular weight excluding hydrogens is 333 g/mol. The third-order valence-corrected chi connectivity index (χ3v) is 1.86. The predicted octanol–water partition coefficient (Wildman–Crippen LogP) is 0.509. The zero-order chi connectivity index (χ0) is 12.1. The summed E-state index contributed by atoms with van der Waals surface area (Å²) >= 11 is 0. The minimum atomic E-state index is -0.173. The van der Waals surface area contributed by atoms with Crippen molar-refractivity contribution >= 4 is 29.9 Å². The van der Waals surface area contributed by atoms with Gasteiger partial charge in [0.1, 0.15) is 5.82 Å². The number of nitrogens with zero attached hydrogens (tertiary/aromatic N) is 2. The SMILES string of the molecule is Cc1ncc(CN=C(N)NC(C)C)c(=O)[nH]1.I. The lowest BCUT2D eigenvalue weighted by molar-refractivity contribution is 0.723. The summed E-state index contributed by atoms with van der Waals surface area (Å²) < 4.78 is 0. The van der Waals surface area contributed by atoms with Gasteiger partial charge in [-0.1, -0.05) is 0 Å². The number of aromatic nitrogens is 2. The first kappa shape index (κ1) is 15.9. The fourth-order valence-electron chi connectivity index (χ4n) is 1.13. The van der Waals surface area contributed by atoms with Crippen LogP contribution in [0.4, 0.5) is 0 Å². The summed E-state index contributed by atoms with van der Waals surface area (Å²) in [6.45, 7) is 5.88. The van der Waals surface area contributed by atoms with E-state index in [-0.39, 0.29) is 42.1 Å². The van der Waals surface area contributed by atoms with E-state index in [1.807, 2.05) is 13.8 Å². The summed E-state index contributed by atoms with van der Waals surface area (Å²) in [5, 5.41) is 2.94. The second-order valence-electron chi connectivity index (χ2n) is 3.82. The Balaban J connectivity index is 0.00000256. The summed E-state index contributed by atoms with van der Waals surface area (Å²) in [5.41, 5.74) is 5.94. The summed E-state index contributed by atoms with van der Waals surface area (Å²) in [6, 6.07) is 0.221. The highest BCUT2D eigenvalue weighted by Gasteiger charge is 2.00. The van der Waals surface area contributed by atoms with Crippen LogP contribution in [0, 0.1) is 6.92 Å². The molecule has 0 radical (unpaired) electrons. The minimum Gasteiger partial charge on any atom is -0.370 e. The van der Waals surface area contributed by atoms with Crippen LogP contribution in [-0.4, -0.2) is 22.0 Å². The fourth-order valence-corrected chi connectivity index (χ4v) is 1.13. The van der Waals surface area contributed by atoms with Crippen molar-refractivity contribution in [2.75, 3.05) is 0 Å². The number of aromatic amines is 1. The molecule has 0 bridgehead atoms. The maximum atomic E-state index is 11.4. The normalized spacial score (nSPS) is 11.2. The number of hydrogen-bond donors (Lipinski definition) is 3. The van der Waals surface area contributed by atoms with Gasteiger partial charge in [0.05, 0.1) is 12.1 Å². The van der Waals surface area contributed by atoms with Gasteiger partial charge in [-0.25, -0.2) is 9.98 Å². The standard InChI is InChI=1S/C10H17N5O.HI/c1-6(2)14-10(11)13-5-8-4-12-7(3)15-9(8)16;/h4,6H,5H2,1-3H3,(H3,11,13,14)(H,12,15,16);1H. The molecule has 0 aliphatic heterocycles. The Kier molecular flexibility index (Phi) is 6.78. The van der Waals surface area contributed by atoms with Crippen molar-refractivity contribution < 1.29 is 0 Å². The summed E-state index contributed by atoms with van der Waals surface area (Å²) in [4.78, 5) is 22.1. The molecule has 0 amide bonds. The van der Waals surface area contributed by atoms with E-state index in [1.54, 1.807) is 6.92 Å². The van der Waals surface area contributed by atoms with Gasteiger partial charge in [-0.2, -0.15) is 0 Å². The molecule has 96 valence electrons. The second kappa shape index (κ2) is 7.25. The summed E-state index contributed by atoms with van der Waals surface area (Å²) in [7, 11) is 0. The first-order chi connectivity index (χ1) is 7.49. The van der Waals surface area contributed by atoms with Gasteiger partial charge in [-0.3, -0.25) is 4.79 Å². The highest BCUT2D eigenvalue weighted by Crippen LogP contribution is 1.91. The summed E-state index contributed by atoms with van der Waals surface area (Å²) in [6.07, 6.45) is 1.51. The molecule has 0 fully saturated rings. The van der Waals surface area contributed by atoms with Gasteiger partial charge in [0.15, 0.2) is 5.96 Å². The molecule has 4 N–H and O–H groups in total. The molecule has 0 aromatic carbocycles. The third kappa shape index (κ3) is 5.66. The van der Waals surface area contributed by atoms with Crippen LogP contribution in [0.2, 0.25) is 0 Å². The molecule has 1 rings (SSSR count). The van der Waals surface area contributed by atoms with Crippen LogP contribution in [-0.2, 0) is 6.54 Å². The second-order valence-corrected chi connectivity index (χ2v) is 3.82. The smallest absolute Gasteiger partial charge is 0.255 e. The lowest BCUT2D eigenvalue weighted by Crippen LogP contribution is -2.36. The van der Waals surface area contributed by atoms with Crippen molar-refractivity contribution in [1.82, 2.24) is 15.3 Å². The number of hydrogen-bond acceptors (Lipinski definition) is 3. The molecule has 1 heterocycles. The van der Waals surface area contributed by atoms with Crippen LogP contribution >= 0.6 is 24.0 Å². The van der Waals surface area contributed by atoms with Gasteiger partial charge >= 0.3 is 0 Å². The quantitative estimate of drug-likeness (QED) is 0.420. The molecule has 0 aliphatic rings. The Morgan fingerprint density at radius 3 is 2.82 bits per heavy atom. The Hall–Kier alpha value is -1.12. The highest BCUT2D eigenvalue weighted by molar-refractivity contribution is 14.0. The number of H-pyrrole nitrogens is 1. The minimum absolute atomic E-state index is 0. The zero-order valence-corrected chi connectivity index (χ0v) is 12.5. The average molecular weight is 351 g/mol. The van der Waals surface area contributed by atoms with Crippen LogP contribution in [0.1, 0.15) is 25.2 Å². The first-order valence-electron chi connectivity index (χ1n) is 5.10. The van der Waals surface area contributed by atoms with Gasteiger partial charge in [0, 0.05) is 12.2 Å². The molecule has 0 saturated carbocycles. The number of rotatable bonds is 3. The maximum absolute atomic E-state index is 11.4. The van der Waals surface area contributed by atoms with Gasteiger partial charge in [0.25, 0.3) is 5.56 Å². The Bertz CT molecular complexity index is 441. The van der Waals surface area contributed by atoms with Gasteiger partial charge in [-0.15, -0.1) is 24.0 Å². The number of aryl methyl sites for hydroxylation is 1. The van der Waals surface area contributed by atoms with E-state index < -0.39 is 0 Å². The molecule has 0 atom stereocenters. The number of guanidine groups is 1. The van der Waals surface area contributed by atoms with Crippen molar-refractivity contribution in [1.29, 1.82) is 0 Å². The number of halogens is 1. The Morgan fingerprint density at radius 1 is 1.65 bits per heavy atom. The van der Waals surface area contributed by atoms with Crippen LogP contribution in [0.15, 0.2) is 16.0 Å². The number of aliphatic imine (C=N–C) groups is 1. The van der Waals surface area contributed by atoms with Crippen molar-refractivity contribution in [2.45, 2.75) is 33.4 Å². The highest BCUT2D eigenvalue weighted by atomic mass is 127. The monoisotopic (exact) mass is 351 g/mol. The van der Waals surface area contributed by atoms with Gasteiger partial charge in [-0.05, 0) is 20.8 Å². The topological polar surface area (TPSA) is 96.2 Å². The lowest BCUT2D eigenvalue weighted by Gasteiger charge is -2.08. The van der Waals surface area contributed by atoms with E-state index in [0.29, 0.717) is 17.3 Å². The lowest BCUT2D eigenvalue weighted by atomic mass is 10.3. The van der Waals surface area contributed by atoms with E-state index in [2.05, 4.69) is 20.3 Å². The number of nitrogens with one attached hydrogen (secondary N) is 2. The summed E-state index contributed by atoms with van der Waals surface area (Å²) in [5.74, 6) is 0.918. The molecule has 0 saturated heterocycles. The van der Waals surface area contributed by atoms with Crippen LogP contribution in [0.3, 0.4) is 0 Å². The molecule has 1 aromatic heterocycles. The molecule has 7 heteroatoms. The maximum Gasteiger partial charge on any atom is 0.255 e. The van der Waals surface area contributed by atoms with Crippen molar-refractivity contribution in [3.05, 3.63) is 27.9 Å². The van der Waals surface area contributed by atoms with E-state index in [9.17, 15) is 4.79 Å². The van der Waals surface area contributed by atoms with Crippen molar-refractivity contribution in [3.63, 3.8) is 0 Å². The van der Waals surface area contributed by atoms with Crippen molar-refractivity contribution in [3.8, 4) is 0 Å². The zero-order valence-electron chi connectivity index (χ0n) is 10.2. The molecular formula is C10H18IN5O. The molecule has 1 aromatic rings. The molecule has 17 heavy (non-hydrogen) atoms. The molecule has 0 spiro atoms. The predicted molar refractivity (Wildman–Crippen MR) is 78.6 cm³/mol. The van der Waals surface area contributed by atoms with E-state index >= 15 is 0 Å². The fraction of sp³-hybridized carbons (Fsp3) is 0.500. The number of nitrogens with two attached hydrogens (primary N) is 1. The average Bonchev–Trinajstić information content (AvgIpc) is 2.15. The first-order valence-corrected chi connectivity index (χ1v) is 5.10. The third-order valence-electron chi connectivity index (χ3n) is 1.86. The molecule has 0 unspecified atom stereocenters. The van der Waals surface area contributed by atoms with Crippen LogP contribution < -0.4 is 16.6 Å². The Labute approximate surface area is 117 Å². The van der Waals surface area contributed by atoms with E-state index in [4.69, 9.17) is 5.73 Å². The van der Waals surface area contributed by atoms with E-state index in [0.717, 1.165) is 0 Å². The van der Waals surface area contributed by atoms with Gasteiger partial charge in [0.2, 0.25) is 0 Å².